The number of hydrogen-bond donors (Lipinski definition) is 1. The van der Waals surface area contributed by atoms with Crippen LogP contribution in [0.25, 0.3) is 0 Å². The van der Waals surface area contributed by atoms with E-state index in [0.29, 0.717) is 0 Å². The molecule has 0 saturated carbocycles. The van der Waals surface area contributed by atoms with Crippen molar-refractivity contribution in [3.63, 3.8) is 0 Å². The van der Waals surface area contributed by atoms with Crippen LogP contribution in [0.2, 0.25) is 0 Å². The van der Waals surface area contributed by atoms with Crippen LogP contribution in [-0.4, -0.2) is 17.4 Å². The van der Waals surface area contributed by atoms with E-state index in [0.717, 1.165) is 25.8 Å². The fourth-order valence-corrected chi connectivity index (χ4v) is 1.42. The van der Waals surface area contributed by atoms with Crippen LogP contribution < -0.4 is 5.32 Å². The van der Waals surface area contributed by atoms with Crippen LogP contribution >= 0.6 is 0 Å². The number of unbranched alkanes of at least 4 members (excludes halogenated alkanes) is 1. The number of rotatable bonds is 6. The summed E-state index contributed by atoms with van der Waals surface area (Å²) >= 11 is 0. The highest BCUT2D eigenvalue weighted by atomic mass is 16.1. The number of nitrogens with zero attached hydrogens (tertiary/aromatic N) is 1. The third-order valence-electron chi connectivity index (χ3n) is 2.44. The Morgan fingerprint density at radius 3 is 2.88 bits per heavy atom. The minimum absolute atomic E-state index is 0.0818. The number of aryl methyl sites for hydroxylation is 1. The lowest BCUT2D eigenvalue weighted by Crippen LogP contribution is -2.28. The Labute approximate surface area is 97.3 Å². The van der Waals surface area contributed by atoms with Gasteiger partial charge in [0.05, 0.1) is 0 Å². The van der Waals surface area contributed by atoms with Gasteiger partial charge in [-0.05, 0) is 30.9 Å². The Morgan fingerprint density at radius 2 is 2.25 bits per heavy atom. The van der Waals surface area contributed by atoms with Gasteiger partial charge in [0, 0.05) is 24.9 Å². The summed E-state index contributed by atoms with van der Waals surface area (Å²) in [6, 6.07) is 4.04. The van der Waals surface area contributed by atoms with Gasteiger partial charge in [-0.1, -0.05) is 19.9 Å². The second-order valence-corrected chi connectivity index (χ2v) is 4.26. The molecule has 0 aliphatic carbocycles. The van der Waals surface area contributed by atoms with E-state index in [2.05, 4.69) is 16.4 Å². The van der Waals surface area contributed by atoms with Crippen molar-refractivity contribution in [2.75, 3.05) is 6.54 Å². The van der Waals surface area contributed by atoms with Gasteiger partial charge in [-0.3, -0.25) is 9.78 Å². The predicted octanol–water partition coefficient (Wildman–Crippen LogP) is 2.18. The van der Waals surface area contributed by atoms with Gasteiger partial charge < -0.3 is 5.32 Å². The molecule has 0 atom stereocenters. The van der Waals surface area contributed by atoms with Crippen LogP contribution in [0.1, 0.15) is 32.3 Å². The summed E-state index contributed by atoms with van der Waals surface area (Å²) in [5.74, 6) is 0.222. The van der Waals surface area contributed by atoms with Crippen LogP contribution in [0.4, 0.5) is 0 Å². The van der Waals surface area contributed by atoms with E-state index in [-0.39, 0.29) is 11.8 Å². The molecule has 1 aromatic rings. The van der Waals surface area contributed by atoms with E-state index >= 15 is 0 Å². The molecule has 0 fully saturated rings. The van der Waals surface area contributed by atoms with Gasteiger partial charge in [0.15, 0.2) is 0 Å². The van der Waals surface area contributed by atoms with Crippen LogP contribution in [-0.2, 0) is 11.2 Å². The Kier molecular flexibility index (Phi) is 5.54. The van der Waals surface area contributed by atoms with Crippen LogP contribution in [0.5, 0.6) is 0 Å². The summed E-state index contributed by atoms with van der Waals surface area (Å²) in [5.41, 5.74) is 1.26. The fraction of sp³-hybridized carbons (Fsp3) is 0.538. The van der Waals surface area contributed by atoms with E-state index in [1.807, 2.05) is 26.1 Å². The highest BCUT2D eigenvalue weighted by molar-refractivity contribution is 5.77. The second kappa shape index (κ2) is 6.99. The lowest BCUT2D eigenvalue weighted by molar-refractivity contribution is -0.123. The Balaban J connectivity index is 2.07. The molecule has 0 radical (unpaired) electrons. The van der Waals surface area contributed by atoms with E-state index < -0.39 is 0 Å². The largest absolute Gasteiger partial charge is 0.356 e. The van der Waals surface area contributed by atoms with Gasteiger partial charge in [-0.15, -0.1) is 0 Å². The second-order valence-electron chi connectivity index (χ2n) is 4.26. The van der Waals surface area contributed by atoms with Gasteiger partial charge in [0.1, 0.15) is 0 Å². The number of aromatic nitrogens is 1. The number of amides is 1. The predicted molar refractivity (Wildman–Crippen MR) is 65.0 cm³/mol. The van der Waals surface area contributed by atoms with E-state index in [4.69, 9.17) is 0 Å². The molecule has 0 bridgehead atoms. The molecule has 0 aromatic carbocycles. The van der Waals surface area contributed by atoms with Crippen LogP contribution in [0, 0.1) is 5.92 Å². The normalized spacial score (nSPS) is 10.4. The van der Waals surface area contributed by atoms with Crippen molar-refractivity contribution >= 4 is 5.91 Å². The van der Waals surface area contributed by atoms with Gasteiger partial charge >= 0.3 is 0 Å². The lowest BCUT2D eigenvalue weighted by atomic mass is 10.1. The van der Waals surface area contributed by atoms with Gasteiger partial charge in [-0.25, -0.2) is 0 Å². The van der Waals surface area contributed by atoms with Crippen molar-refractivity contribution in [3.05, 3.63) is 30.1 Å². The molecule has 16 heavy (non-hydrogen) atoms. The first-order valence-electron chi connectivity index (χ1n) is 5.87. The maximum atomic E-state index is 11.3. The standard InChI is InChI=1S/C13H20N2O/c1-11(2)13(16)15-9-4-3-6-12-7-5-8-14-10-12/h5,7-8,10-11H,3-4,6,9H2,1-2H3,(H,15,16). The SMILES string of the molecule is CC(C)C(=O)NCCCCc1cccnc1. The number of nitrogens with one attached hydrogen (secondary N) is 1. The number of hydrogen-bond acceptors (Lipinski definition) is 2. The average molecular weight is 220 g/mol. The first-order chi connectivity index (χ1) is 7.70. The number of carbonyl (C=O) groups is 1. The summed E-state index contributed by atoms with van der Waals surface area (Å²) < 4.78 is 0. The molecule has 1 amide bonds. The molecular formula is C13H20N2O. The van der Waals surface area contributed by atoms with Crippen molar-refractivity contribution in [1.29, 1.82) is 0 Å². The number of carbonyl (C=O) groups excluding carboxylic acids is 1. The molecule has 0 spiro atoms. The average Bonchev–Trinajstić information content (AvgIpc) is 2.29. The molecule has 3 heteroatoms. The molecular weight excluding hydrogens is 200 g/mol. The monoisotopic (exact) mass is 220 g/mol. The third-order valence-corrected chi connectivity index (χ3v) is 2.44. The van der Waals surface area contributed by atoms with Crippen LogP contribution in [0.3, 0.4) is 0 Å². The Hall–Kier alpha value is -1.38. The number of pyridine rings is 1. The van der Waals surface area contributed by atoms with Crippen molar-refractivity contribution in [3.8, 4) is 0 Å². The van der Waals surface area contributed by atoms with Gasteiger partial charge in [0.2, 0.25) is 5.91 Å². The topological polar surface area (TPSA) is 42.0 Å². The highest BCUT2D eigenvalue weighted by Crippen LogP contribution is 2.02. The Bertz CT molecular complexity index is 309. The van der Waals surface area contributed by atoms with E-state index in [1.165, 1.54) is 5.56 Å². The molecule has 3 nitrogen and oxygen atoms in total. The fourth-order valence-electron chi connectivity index (χ4n) is 1.42. The van der Waals surface area contributed by atoms with Crippen molar-refractivity contribution in [2.45, 2.75) is 33.1 Å². The zero-order valence-corrected chi connectivity index (χ0v) is 10.1. The van der Waals surface area contributed by atoms with Crippen molar-refractivity contribution < 1.29 is 4.79 Å². The molecule has 0 unspecified atom stereocenters. The van der Waals surface area contributed by atoms with E-state index in [9.17, 15) is 4.79 Å². The van der Waals surface area contributed by atoms with Crippen LogP contribution in [0.15, 0.2) is 24.5 Å². The van der Waals surface area contributed by atoms with Gasteiger partial charge in [-0.2, -0.15) is 0 Å². The maximum Gasteiger partial charge on any atom is 0.222 e. The lowest BCUT2D eigenvalue weighted by Gasteiger charge is -2.07. The molecule has 0 aliphatic heterocycles. The molecule has 0 saturated heterocycles. The zero-order chi connectivity index (χ0) is 11.8. The summed E-state index contributed by atoms with van der Waals surface area (Å²) in [7, 11) is 0. The minimum Gasteiger partial charge on any atom is -0.356 e. The van der Waals surface area contributed by atoms with Crippen molar-refractivity contribution in [1.82, 2.24) is 10.3 Å². The quantitative estimate of drug-likeness (QED) is 0.747. The minimum atomic E-state index is 0.0818. The molecule has 1 heterocycles. The third kappa shape index (κ3) is 4.91. The molecule has 1 aromatic heterocycles. The molecule has 1 N–H and O–H groups in total. The molecule has 0 aliphatic rings. The summed E-state index contributed by atoms with van der Waals surface area (Å²) in [6.07, 6.45) is 6.82. The maximum absolute atomic E-state index is 11.3. The zero-order valence-electron chi connectivity index (χ0n) is 10.1. The molecule has 88 valence electrons. The first-order valence-corrected chi connectivity index (χ1v) is 5.87. The summed E-state index contributed by atoms with van der Waals surface area (Å²) in [6.45, 7) is 4.59. The van der Waals surface area contributed by atoms with Gasteiger partial charge in [0.25, 0.3) is 0 Å². The van der Waals surface area contributed by atoms with Crippen molar-refractivity contribution in [2.24, 2.45) is 5.92 Å². The smallest absolute Gasteiger partial charge is 0.222 e. The van der Waals surface area contributed by atoms with E-state index in [1.54, 1.807) is 6.20 Å². The summed E-state index contributed by atoms with van der Waals surface area (Å²) in [5, 5.41) is 2.91. The first kappa shape index (κ1) is 12.7. The highest BCUT2D eigenvalue weighted by Gasteiger charge is 2.04. The summed E-state index contributed by atoms with van der Waals surface area (Å²) in [4.78, 5) is 15.3. The molecule has 1 rings (SSSR count). The Morgan fingerprint density at radius 1 is 1.44 bits per heavy atom.